The molecule has 3 fully saturated rings. The second-order valence-electron chi connectivity index (χ2n) is 6.59. The molecule has 0 bridgehead atoms. The van der Waals surface area contributed by atoms with Gasteiger partial charge in [-0.25, -0.2) is 0 Å². The Morgan fingerprint density at radius 3 is 2.45 bits per heavy atom. The van der Waals surface area contributed by atoms with Crippen molar-refractivity contribution in [3.05, 3.63) is 0 Å². The summed E-state index contributed by atoms with van der Waals surface area (Å²) in [6.07, 6.45) is 4.38. The van der Waals surface area contributed by atoms with Gasteiger partial charge in [0.2, 0.25) is 11.8 Å². The SMILES string of the molecule is CC1(C(=O)N2CCCC(C(=O)NC3CC3)C2)CC1(Cl)Cl. The Hall–Kier alpha value is -0.480. The molecule has 0 aromatic heterocycles. The molecule has 112 valence electrons. The van der Waals surface area contributed by atoms with Gasteiger partial charge in [-0.05, 0) is 39.0 Å². The van der Waals surface area contributed by atoms with Gasteiger partial charge < -0.3 is 10.2 Å². The number of carbonyl (C=O) groups is 2. The molecule has 1 aliphatic heterocycles. The number of nitrogens with zero attached hydrogens (tertiary/aromatic N) is 1. The van der Waals surface area contributed by atoms with Crippen LogP contribution in [0.15, 0.2) is 0 Å². The third-order valence-corrected chi connectivity index (χ3v) is 5.83. The highest BCUT2D eigenvalue weighted by atomic mass is 35.5. The average molecular weight is 319 g/mol. The van der Waals surface area contributed by atoms with Crippen molar-refractivity contribution in [3.8, 4) is 0 Å². The number of carbonyl (C=O) groups excluding carboxylic acids is 2. The van der Waals surface area contributed by atoms with Gasteiger partial charge in [0, 0.05) is 19.1 Å². The molecule has 1 N–H and O–H groups in total. The molecule has 0 aromatic rings. The normalized spacial score (nSPS) is 35.5. The molecule has 1 saturated heterocycles. The number of halogens is 2. The summed E-state index contributed by atoms with van der Waals surface area (Å²) in [6, 6.07) is 0.368. The molecule has 2 amide bonds. The van der Waals surface area contributed by atoms with Crippen molar-refractivity contribution >= 4 is 35.0 Å². The van der Waals surface area contributed by atoms with Crippen LogP contribution >= 0.6 is 23.2 Å². The topological polar surface area (TPSA) is 49.4 Å². The van der Waals surface area contributed by atoms with E-state index in [2.05, 4.69) is 5.32 Å². The number of amides is 2. The molecule has 2 saturated carbocycles. The minimum atomic E-state index is -0.937. The number of rotatable bonds is 3. The zero-order valence-electron chi connectivity index (χ0n) is 11.6. The summed E-state index contributed by atoms with van der Waals surface area (Å²) in [5.74, 6) is -0.00363. The Bertz CT molecular complexity index is 450. The van der Waals surface area contributed by atoms with E-state index in [1.54, 1.807) is 4.90 Å². The van der Waals surface area contributed by atoms with Gasteiger partial charge >= 0.3 is 0 Å². The lowest BCUT2D eigenvalue weighted by atomic mass is 9.95. The van der Waals surface area contributed by atoms with Crippen LogP contribution in [-0.2, 0) is 9.59 Å². The standard InChI is InChI=1S/C14H20Cl2N2O2/c1-13(8-14(13,15)16)12(20)18-6-2-3-9(7-18)11(19)17-10-4-5-10/h9-10H,2-8H2,1H3,(H,17,19). The maximum Gasteiger partial charge on any atom is 0.231 e. The molecule has 3 rings (SSSR count). The molecule has 0 radical (unpaired) electrons. The fraction of sp³-hybridized carbons (Fsp3) is 0.857. The fourth-order valence-electron chi connectivity index (χ4n) is 2.90. The van der Waals surface area contributed by atoms with Crippen LogP contribution in [-0.4, -0.2) is 40.2 Å². The van der Waals surface area contributed by atoms with Gasteiger partial charge in [0.25, 0.3) is 0 Å². The predicted molar refractivity (Wildman–Crippen MR) is 77.6 cm³/mol. The smallest absolute Gasteiger partial charge is 0.231 e. The van der Waals surface area contributed by atoms with Gasteiger partial charge in [0.15, 0.2) is 0 Å². The van der Waals surface area contributed by atoms with Crippen LogP contribution in [0, 0.1) is 11.3 Å². The lowest BCUT2D eigenvalue weighted by Gasteiger charge is -2.34. The molecule has 2 aliphatic carbocycles. The van der Waals surface area contributed by atoms with E-state index < -0.39 is 9.75 Å². The van der Waals surface area contributed by atoms with Crippen LogP contribution in [0.25, 0.3) is 0 Å². The highest BCUT2D eigenvalue weighted by Crippen LogP contribution is 2.64. The van der Waals surface area contributed by atoms with E-state index in [9.17, 15) is 9.59 Å². The molecule has 6 heteroatoms. The summed E-state index contributed by atoms with van der Waals surface area (Å²) in [4.78, 5) is 26.4. The highest BCUT2D eigenvalue weighted by Gasteiger charge is 2.68. The lowest BCUT2D eigenvalue weighted by Crippen LogP contribution is -2.48. The minimum Gasteiger partial charge on any atom is -0.353 e. The summed E-state index contributed by atoms with van der Waals surface area (Å²) < 4.78 is -0.937. The summed E-state index contributed by atoms with van der Waals surface area (Å²) in [5.41, 5.74) is -0.676. The maximum atomic E-state index is 12.5. The van der Waals surface area contributed by atoms with Crippen molar-refractivity contribution in [3.63, 3.8) is 0 Å². The predicted octanol–water partition coefficient (Wildman–Crippen LogP) is 2.09. The van der Waals surface area contributed by atoms with Gasteiger partial charge in [-0.3, -0.25) is 9.59 Å². The number of hydrogen-bond donors (Lipinski definition) is 1. The van der Waals surface area contributed by atoms with E-state index in [1.165, 1.54) is 0 Å². The molecule has 0 aromatic carbocycles. The third-order valence-electron chi connectivity index (χ3n) is 4.73. The number of piperidine rings is 1. The van der Waals surface area contributed by atoms with Crippen LogP contribution in [0.3, 0.4) is 0 Å². The minimum absolute atomic E-state index is 0.00794. The second-order valence-corrected chi connectivity index (χ2v) is 8.07. The van der Waals surface area contributed by atoms with Crippen molar-refractivity contribution in [1.82, 2.24) is 10.2 Å². The number of hydrogen-bond acceptors (Lipinski definition) is 2. The Kier molecular flexibility index (Phi) is 3.45. The third kappa shape index (κ3) is 2.52. The van der Waals surface area contributed by atoms with E-state index in [1.807, 2.05) is 6.92 Å². The summed E-state index contributed by atoms with van der Waals surface area (Å²) in [7, 11) is 0. The van der Waals surface area contributed by atoms with Crippen LogP contribution in [0.2, 0.25) is 0 Å². The Labute approximate surface area is 129 Å². The molecular formula is C14H20Cl2N2O2. The molecule has 2 atom stereocenters. The summed E-state index contributed by atoms with van der Waals surface area (Å²) in [5, 5.41) is 3.02. The molecule has 1 heterocycles. The van der Waals surface area contributed by atoms with Gasteiger partial charge in [-0.2, -0.15) is 0 Å². The van der Waals surface area contributed by atoms with Crippen molar-refractivity contribution < 1.29 is 9.59 Å². The van der Waals surface area contributed by atoms with Crippen LogP contribution in [0.4, 0.5) is 0 Å². The maximum absolute atomic E-state index is 12.5. The van der Waals surface area contributed by atoms with Crippen LogP contribution in [0.1, 0.15) is 39.0 Å². The number of alkyl halides is 2. The van der Waals surface area contributed by atoms with Gasteiger partial charge in [-0.15, -0.1) is 23.2 Å². The van der Waals surface area contributed by atoms with Crippen molar-refractivity contribution in [2.24, 2.45) is 11.3 Å². The Balaban J connectivity index is 1.60. The lowest BCUT2D eigenvalue weighted by molar-refractivity contribution is -0.140. The highest BCUT2D eigenvalue weighted by molar-refractivity contribution is 6.53. The first-order valence-corrected chi connectivity index (χ1v) is 8.07. The molecule has 4 nitrogen and oxygen atoms in total. The van der Waals surface area contributed by atoms with Crippen molar-refractivity contribution in [2.75, 3.05) is 13.1 Å². The number of likely N-dealkylation sites (tertiary alicyclic amines) is 1. The molecule has 0 spiro atoms. The van der Waals surface area contributed by atoms with E-state index >= 15 is 0 Å². The fourth-order valence-corrected chi connectivity index (χ4v) is 3.60. The van der Waals surface area contributed by atoms with Gasteiger partial charge in [-0.1, -0.05) is 0 Å². The zero-order valence-corrected chi connectivity index (χ0v) is 13.1. The Morgan fingerprint density at radius 2 is 1.90 bits per heavy atom. The van der Waals surface area contributed by atoms with E-state index in [0.717, 1.165) is 25.7 Å². The van der Waals surface area contributed by atoms with E-state index in [-0.39, 0.29) is 17.7 Å². The van der Waals surface area contributed by atoms with E-state index in [4.69, 9.17) is 23.2 Å². The van der Waals surface area contributed by atoms with Crippen LogP contribution < -0.4 is 5.32 Å². The van der Waals surface area contributed by atoms with Crippen molar-refractivity contribution in [1.29, 1.82) is 0 Å². The number of nitrogens with one attached hydrogen (secondary N) is 1. The van der Waals surface area contributed by atoms with E-state index in [0.29, 0.717) is 25.6 Å². The average Bonchev–Trinajstić information content (AvgIpc) is 3.29. The van der Waals surface area contributed by atoms with Gasteiger partial charge in [0.1, 0.15) is 4.33 Å². The first-order chi connectivity index (χ1) is 9.33. The summed E-state index contributed by atoms with van der Waals surface area (Å²) in [6.45, 7) is 3.01. The molecule has 3 aliphatic rings. The summed E-state index contributed by atoms with van der Waals surface area (Å²) >= 11 is 12.2. The second kappa shape index (κ2) is 4.77. The zero-order chi connectivity index (χ0) is 14.5. The van der Waals surface area contributed by atoms with Crippen molar-refractivity contribution in [2.45, 2.75) is 49.4 Å². The Morgan fingerprint density at radius 1 is 1.25 bits per heavy atom. The first kappa shape index (κ1) is 14.5. The molecule has 2 unspecified atom stereocenters. The molecule has 20 heavy (non-hydrogen) atoms. The van der Waals surface area contributed by atoms with Gasteiger partial charge in [0.05, 0.1) is 11.3 Å². The van der Waals surface area contributed by atoms with Crippen LogP contribution in [0.5, 0.6) is 0 Å². The first-order valence-electron chi connectivity index (χ1n) is 7.31. The monoisotopic (exact) mass is 318 g/mol. The quantitative estimate of drug-likeness (QED) is 0.810. The molecular weight excluding hydrogens is 299 g/mol. The largest absolute Gasteiger partial charge is 0.353 e.